The first-order chi connectivity index (χ1) is 12.5. The van der Waals surface area contributed by atoms with Gasteiger partial charge < -0.3 is 9.84 Å². The normalized spacial score (nSPS) is 10.5. The van der Waals surface area contributed by atoms with Crippen LogP contribution in [-0.4, -0.2) is 21.8 Å². The predicted molar refractivity (Wildman–Crippen MR) is 97.9 cm³/mol. The number of amides is 1. The fourth-order valence-electron chi connectivity index (χ4n) is 2.55. The Balaban J connectivity index is 1.59. The van der Waals surface area contributed by atoms with Crippen LogP contribution in [0.2, 0.25) is 0 Å². The van der Waals surface area contributed by atoms with Crippen LogP contribution in [-0.2, 0) is 11.2 Å². The van der Waals surface area contributed by atoms with Gasteiger partial charge in [-0.15, -0.1) is 0 Å². The first-order valence-electron chi connectivity index (χ1n) is 8.32. The summed E-state index contributed by atoms with van der Waals surface area (Å²) in [5.41, 5.74) is 3.12. The van der Waals surface area contributed by atoms with Crippen LogP contribution < -0.4 is 5.32 Å². The van der Waals surface area contributed by atoms with Gasteiger partial charge in [0.2, 0.25) is 17.6 Å². The molecule has 2 aromatic carbocycles. The van der Waals surface area contributed by atoms with Gasteiger partial charge in [0, 0.05) is 29.7 Å². The van der Waals surface area contributed by atoms with E-state index in [9.17, 15) is 9.59 Å². The number of hydrogen-bond donors (Lipinski definition) is 1. The zero-order valence-corrected chi connectivity index (χ0v) is 14.7. The summed E-state index contributed by atoms with van der Waals surface area (Å²) in [4.78, 5) is 27.9. The summed E-state index contributed by atoms with van der Waals surface area (Å²) in [5.74, 6) is 0.709. The Morgan fingerprint density at radius 1 is 1.12 bits per heavy atom. The number of aryl methyl sites for hydroxylation is 2. The van der Waals surface area contributed by atoms with E-state index in [1.807, 2.05) is 31.2 Å². The lowest BCUT2D eigenvalue weighted by Gasteiger charge is -2.05. The van der Waals surface area contributed by atoms with Gasteiger partial charge in [0.25, 0.3) is 0 Å². The molecule has 3 aromatic rings. The molecule has 0 saturated carbocycles. The summed E-state index contributed by atoms with van der Waals surface area (Å²) < 4.78 is 5.24. The van der Waals surface area contributed by atoms with Gasteiger partial charge in [-0.2, -0.15) is 4.98 Å². The van der Waals surface area contributed by atoms with Gasteiger partial charge >= 0.3 is 0 Å². The SMILES string of the molecule is CC(=O)c1cccc(NC(=O)CCc2nc(-c3ccccc3C)no2)c1. The van der Waals surface area contributed by atoms with E-state index in [0.717, 1.165) is 11.1 Å². The van der Waals surface area contributed by atoms with Gasteiger partial charge in [0.15, 0.2) is 5.78 Å². The van der Waals surface area contributed by atoms with E-state index < -0.39 is 0 Å². The van der Waals surface area contributed by atoms with Crippen molar-refractivity contribution < 1.29 is 14.1 Å². The maximum absolute atomic E-state index is 12.1. The van der Waals surface area contributed by atoms with Gasteiger partial charge in [0.05, 0.1) is 0 Å². The van der Waals surface area contributed by atoms with Gasteiger partial charge in [-0.1, -0.05) is 41.6 Å². The Morgan fingerprint density at radius 3 is 2.69 bits per heavy atom. The molecule has 1 N–H and O–H groups in total. The maximum atomic E-state index is 12.1. The highest BCUT2D eigenvalue weighted by Crippen LogP contribution is 2.20. The van der Waals surface area contributed by atoms with Crippen molar-refractivity contribution in [1.82, 2.24) is 10.1 Å². The van der Waals surface area contributed by atoms with Crippen molar-refractivity contribution in [2.24, 2.45) is 0 Å². The molecule has 6 heteroatoms. The number of nitrogens with zero attached hydrogens (tertiary/aromatic N) is 2. The number of Topliss-reactive ketones (excluding diaryl/α,β-unsaturated/α-hetero) is 1. The van der Waals surface area contributed by atoms with Gasteiger partial charge in [-0.3, -0.25) is 9.59 Å². The molecule has 0 spiro atoms. The number of carbonyl (C=O) groups excluding carboxylic acids is 2. The summed E-state index contributed by atoms with van der Waals surface area (Å²) in [6.45, 7) is 3.47. The number of benzene rings is 2. The van der Waals surface area contributed by atoms with Crippen molar-refractivity contribution in [3.63, 3.8) is 0 Å². The van der Waals surface area contributed by atoms with Crippen LogP contribution in [0.25, 0.3) is 11.4 Å². The molecule has 0 bridgehead atoms. The van der Waals surface area contributed by atoms with E-state index >= 15 is 0 Å². The van der Waals surface area contributed by atoms with Crippen LogP contribution in [0.5, 0.6) is 0 Å². The molecule has 0 atom stereocenters. The van der Waals surface area contributed by atoms with Crippen LogP contribution in [0.15, 0.2) is 53.1 Å². The van der Waals surface area contributed by atoms with Crippen molar-refractivity contribution in [2.45, 2.75) is 26.7 Å². The number of carbonyl (C=O) groups is 2. The van der Waals surface area contributed by atoms with E-state index in [4.69, 9.17) is 4.52 Å². The molecule has 26 heavy (non-hydrogen) atoms. The van der Waals surface area contributed by atoms with E-state index in [2.05, 4.69) is 15.5 Å². The number of nitrogens with one attached hydrogen (secondary N) is 1. The highest BCUT2D eigenvalue weighted by molar-refractivity contribution is 5.97. The van der Waals surface area contributed by atoms with Crippen LogP contribution in [0.3, 0.4) is 0 Å². The van der Waals surface area contributed by atoms with E-state index in [1.165, 1.54) is 6.92 Å². The van der Waals surface area contributed by atoms with Crippen molar-refractivity contribution in [1.29, 1.82) is 0 Å². The molecule has 6 nitrogen and oxygen atoms in total. The third-order valence-corrected chi connectivity index (χ3v) is 3.97. The predicted octanol–water partition coefficient (Wildman–Crippen LogP) is 3.82. The summed E-state index contributed by atoms with van der Waals surface area (Å²) in [6.07, 6.45) is 0.552. The second kappa shape index (κ2) is 7.74. The third kappa shape index (κ3) is 4.22. The maximum Gasteiger partial charge on any atom is 0.227 e. The smallest absolute Gasteiger partial charge is 0.227 e. The Hall–Kier alpha value is -3.28. The average Bonchev–Trinajstić information content (AvgIpc) is 3.09. The highest BCUT2D eigenvalue weighted by Gasteiger charge is 2.12. The highest BCUT2D eigenvalue weighted by atomic mass is 16.5. The molecule has 0 radical (unpaired) electrons. The minimum atomic E-state index is -0.179. The molecule has 0 aliphatic rings. The summed E-state index contributed by atoms with van der Waals surface area (Å²) in [5, 5.41) is 6.76. The minimum absolute atomic E-state index is 0.0457. The lowest BCUT2D eigenvalue weighted by atomic mass is 10.1. The monoisotopic (exact) mass is 349 g/mol. The molecule has 0 fully saturated rings. The second-order valence-corrected chi connectivity index (χ2v) is 6.01. The van der Waals surface area contributed by atoms with Crippen LogP contribution in [0.1, 0.15) is 35.2 Å². The molecule has 1 amide bonds. The molecule has 132 valence electrons. The topological polar surface area (TPSA) is 85.1 Å². The fourth-order valence-corrected chi connectivity index (χ4v) is 2.55. The molecule has 0 aliphatic heterocycles. The number of aromatic nitrogens is 2. The van der Waals surface area contributed by atoms with E-state index in [-0.39, 0.29) is 18.1 Å². The molecular weight excluding hydrogens is 330 g/mol. The van der Waals surface area contributed by atoms with Gasteiger partial charge in [0.1, 0.15) is 0 Å². The zero-order chi connectivity index (χ0) is 18.5. The van der Waals surface area contributed by atoms with Gasteiger partial charge in [-0.25, -0.2) is 0 Å². The minimum Gasteiger partial charge on any atom is -0.339 e. The van der Waals surface area contributed by atoms with E-state index in [0.29, 0.717) is 29.4 Å². The Bertz CT molecular complexity index is 947. The largest absolute Gasteiger partial charge is 0.339 e. The van der Waals surface area contributed by atoms with Crippen LogP contribution in [0, 0.1) is 6.92 Å². The summed E-state index contributed by atoms with van der Waals surface area (Å²) in [6, 6.07) is 14.6. The van der Waals surface area contributed by atoms with Crippen molar-refractivity contribution in [3.8, 4) is 11.4 Å². The van der Waals surface area contributed by atoms with Gasteiger partial charge in [-0.05, 0) is 31.5 Å². The van der Waals surface area contributed by atoms with Crippen molar-refractivity contribution in [3.05, 3.63) is 65.5 Å². The number of hydrogen-bond acceptors (Lipinski definition) is 5. The first-order valence-corrected chi connectivity index (χ1v) is 8.32. The van der Waals surface area contributed by atoms with Crippen LogP contribution >= 0.6 is 0 Å². The van der Waals surface area contributed by atoms with Crippen LogP contribution in [0.4, 0.5) is 5.69 Å². The second-order valence-electron chi connectivity index (χ2n) is 6.01. The molecule has 1 heterocycles. The Labute approximate surface area is 151 Å². The first kappa shape index (κ1) is 17.5. The van der Waals surface area contributed by atoms with Crippen molar-refractivity contribution >= 4 is 17.4 Å². The quantitative estimate of drug-likeness (QED) is 0.684. The number of rotatable bonds is 6. The summed E-state index contributed by atoms with van der Waals surface area (Å²) in [7, 11) is 0. The Kier molecular flexibility index (Phi) is 5.22. The lowest BCUT2D eigenvalue weighted by Crippen LogP contribution is -2.12. The third-order valence-electron chi connectivity index (χ3n) is 3.97. The molecular formula is C20H19N3O3. The number of ketones is 1. The zero-order valence-electron chi connectivity index (χ0n) is 14.7. The lowest BCUT2D eigenvalue weighted by molar-refractivity contribution is -0.116. The Morgan fingerprint density at radius 2 is 1.92 bits per heavy atom. The summed E-state index contributed by atoms with van der Waals surface area (Å²) >= 11 is 0. The molecule has 0 saturated heterocycles. The standard InChI is InChI=1S/C20H19N3O3/c1-13-6-3-4-9-17(13)20-22-19(26-23-20)11-10-18(25)21-16-8-5-7-15(12-16)14(2)24/h3-9,12H,10-11H2,1-2H3,(H,21,25). The fraction of sp³-hybridized carbons (Fsp3) is 0.200. The molecule has 3 rings (SSSR count). The van der Waals surface area contributed by atoms with Crippen molar-refractivity contribution in [2.75, 3.05) is 5.32 Å². The molecule has 1 aromatic heterocycles. The number of anilines is 1. The molecule has 0 aliphatic carbocycles. The average molecular weight is 349 g/mol. The molecule has 0 unspecified atom stereocenters. The van der Waals surface area contributed by atoms with E-state index in [1.54, 1.807) is 24.3 Å².